The van der Waals surface area contributed by atoms with Crippen LogP contribution < -0.4 is 5.32 Å². The van der Waals surface area contributed by atoms with Gasteiger partial charge in [-0.15, -0.1) is 11.3 Å². The molecule has 1 N–H and O–H groups in total. The molecule has 0 unspecified atom stereocenters. The van der Waals surface area contributed by atoms with Gasteiger partial charge in [0.05, 0.1) is 16.6 Å². The van der Waals surface area contributed by atoms with E-state index in [-0.39, 0.29) is 24.0 Å². The van der Waals surface area contributed by atoms with Crippen molar-refractivity contribution in [1.82, 2.24) is 9.78 Å². The van der Waals surface area contributed by atoms with Crippen LogP contribution in [0.5, 0.6) is 0 Å². The molecule has 0 radical (unpaired) electrons. The van der Waals surface area contributed by atoms with Gasteiger partial charge in [0.1, 0.15) is 22.9 Å². The third-order valence-corrected chi connectivity index (χ3v) is 6.00. The molecular formula is C19H24N4O5S. The summed E-state index contributed by atoms with van der Waals surface area (Å²) in [5.41, 5.74) is 1.88. The molecule has 0 atom stereocenters. The van der Waals surface area contributed by atoms with Gasteiger partial charge in [0.15, 0.2) is 0 Å². The highest BCUT2D eigenvalue weighted by molar-refractivity contribution is 7.17. The van der Waals surface area contributed by atoms with Crippen LogP contribution in [-0.4, -0.2) is 32.7 Å². The molecule has 1 amide bonds. The Labute approximate surface area is 172 Å². The lowest BCUT2D eigenvalue weighted by molar-refractivity contribution is -0.386. The zero-order chi connectivity index (χ0) is 21.3. The molecule has 0 saturated carbocycles. The molecule has 0 spiro atoms. The topological polar surface area (TPSA) is 116 Å². The van der Waals surface area contributed by atoms with Crippen LogP contribution in [0.15, 0.2) is 0 Å². The van der Waals surface area contributed by atoms with Crippen molar-refractivity contribution in [3.8, 4) is 0 Å². The number of ether oxygens (including phenoxy) is 1. The van der Waals surface area contributed by atoms with Crippen molar-refractivity contribution >= 4 is 33.9 Å². The van der Waals surface area contributed by atoms with Crippen molar-refractivity contribution in [3.05, 3.63) is 37.5 Å². The number of carbonyl (C=O) groups is 2. The van der Waals surface area contributed by atoms with Gasteiger partial charge in [-0.1, -0.05) is 0 Å². The fourth-order valence-corrected chi connectivity index (χ4v) is 4.84. The van der Waals surface area contributed by atoms with Crippen molar-refractivity contribution in [3.63, 3.8) is 0 Å². The molecule has 1 aliphatic rings. The number of esters is 1. The van der Waals surface area contributed by atoms with Gasteiger partial charge in [-0.2, -0.15) is 5.10 Å². The van der Waals surface area contributed by atoms with Crippen molar-refractivity contribution in [2.75, 3.05) is 5.32 Å². The molecule has 2 aromatic rings. The highest BCUT2D eigenvalue weighted by atomic mass is 32.1. The van der Waals surface area contributed by atoms with Crippen LogP contribution in [0.2, 0.25) is 0 Å². The molecule has 0 aliphatic heterocycles. The summed E-state index contributed by atoms with van der Waals surface area (Å²) in [6, 6.07) is 0. The van der Waals surface area contributed by atoms with Crippen LogP contribution in [0, 0.1) is 24.0 Å². The van der Waals surface area contributed by atoms with E-state index in [2.05, 4.69) is 10.4 Å². The predicted octanol–water partition coefficient (Wildman–Crippen LogP) is 3.55. The second-order valence-electron chi connectivity index (χ2n) is 7.35. The number of hydrogen-bond acceptors (Lipinski definition) is 7. The van der Waals surface area contributed by atoms with Gasteiger partial charge < -0.3 is 10.1 Å². The molecule has 2 aromatic heterocycles. The molecule has 0 aromatic carbocycles. The van der Waals surface area contributed by atoms with Gasteiger partial charge in [0, 0.05) is 4.88 Å². The van der Waals surface area contributed by atoms with Crippen LogP contribution in [0.25, 0.3) is 0 Å². The third-order valence-electron chi connectivity index (χ3n) is 4.79. The minimum atomic E-state index is -0.501. The van der Waals surface area contributed by atoms with E-state index in [1.807, 2.05) is 0 Å². The molecule has 156 valence electrons. The number of hydrogen-bond donors (Lipinski definition) is 1. The van der Waals surface area contributed by atoms with Crippen molar-refractivity contribution in [2.24, 2.45) is 0 Å². The highest BCUT2D eigenvalue weighted by Gasteiger charge is 2.28. The lowest BCUT2D eigenvalue weighted by atomic mass is 9.95. The Balaban J connectivity index is 1.85. The maximum atomic E-state index is 12.7. The Morgan fingerprint density at radius 2 is 2.00 bits per heavy atom. The molecule has 1 aliphatic carbocycles. The number of rotatable bonds is 6. The second kappa shape index (κ2) is 8.32. The minimum absolute atomic E-state index is 0.0920. The number of anilines is 1. The number of aryl methyl sites for hydroxylation is 2. The first-order valence-corrected chi connectivity index (χ1v) is 10.3. The summed E-state index contributed by atoms with van der Waals surface area (Å²) in [7, 11) is 0. The summed E-state index contributed by atoms with van der Waals surface area (Å²) >= 11 is 1.40. The fourth-order valence-electron chi connectivity index (χ4n) is 3.55. The molecule has 0 fully saturated rings. The number of nitro groups is 1. The van der Waals surface area contributed by atoms with Crippen molar-refractivity contribution < 1.29 is 19.2 Å². The minimum Gasteiger partial charge on any atom is -0.459 e. The van der Waals surface area contributed by atoms with E-state index in [1.165, 1.54) is 22.9 Å². The van der Waals surface area contributed by atoms with E-state index in [1.54, 1.807) is 20.8 Å². The monoisotopic (exact) mass is 420 g/mol. The van der Waals surface area contributed by atoms with E-state index in [0.29, 0.717) is 16.3 Å². The Kier molecular flexibility index (Phi) is 6.02. The van der Waals surface area contributed by atoms with Crippen LogP contribution in [0.4, 0.5) is 10.7 Å². The number of amides is 1. The molecule has 29 heavy (non-hydrogen) atoms. The van der Waals surface area contributed by atoms with E-state index in [9.17, 15) is 19.7 Å². The summed E-state index contributed by atoms with van der Waals surface area (Å²) in [5, 5.41) is 18.5. The van der Waals surface area contributed by atoms with E-state index < -0.39 is 16.8 Å². The van der Waals surface area contributed by atoms with Crippen LogP contribution in [0.1, 0.15) is 58.9 Å². The van der Waals surface area contributed by atoms with Crippen molar-refractivity contribution in [2.45, 2.75) is 66.0 Å². The van der Waals surface area contributed by atoms with Crippen LogP contribution in [0.3, 0.4) is 0 Å². The number of thiophene rings is 1. The first kappa shape index (κ1) is 21.0. The van der Waals surface area contributed by atoms with Gasteiger partial charge in [-0.3, -0.25) is 19.6 Å². The number of carbonyl (C=O) groups excluding carboxylic acids is 2. The highest BCUT2D eigenvalue weighted by Crippen LogP contribution is 2.38. The van der Waals surface area contributed by atoms with Crippen molar-refractivity contribution in [1.29, 1.82) is 0 Å². The Bertz CT molecular complexity index is 976. The smallest absolute Gasteiger partial charge is 0.341 e. The van der Waals surface area contributed by atoms with Crippen LogP contribution in [-0.2, 0) is 28.9 Å². The maximum absolute atomic E-state index is 12.7. The SMILES string of the molecule is Cc1nn(CC(=O)Nc2sc3c(c2C(=O)OC(C)C)CCCC3)c(C)c1[N+](=O)[O-]. The van der Waals surface area contributed by atoms with Gasteiger partial charge >= 0.3 is 11.7 Å². The van der Waals surface area contributed by atoms with E-state index >= 15 is 0 Å². The second-order valence-corrected chi connectivity index (χ2v) is 8.46. The van der Waals surface area contributed by atoms with Crippen LogP contribution >= 0.6 is 11.3 Å². The molecule has 0 bridgehead atoms. The zero-order valence-electron chi connectivity index (χ0n) is 16.9. The third kappa shape index (κ3) is 4.31. The normalized spacial score (nSPS) is 13.3. The fraction of sp³-hybridized carbons (Fsp3) is 0.526. The Hall–Kier alpha value is -2.75. The van der Waals surface area contributed by atoms with E-state index in [4.69, 9.17) is 4.74 Å². The van der Waals surface area contributed by atoms with Gasteiger partial charge in [0.25, 0.3) is 0 Å². The summed E-state index contributed by atoms with van der Waals surface area (Å²) in [5.74, 6) is -0.834. The largest absolute Gasteiger partial charge is 0.459 e. The van der Waals surface area contributed by atoms with Gasteiger partial charge in [0.2, 0.25) is 5.91 Å². The molecule has 10 heteroatoms. The molecule has 3 rings (SSSR count). The predicted molar refractivity (Wildman–Crippen MR) is 108 cm³/mol. The Morgan fingerprint density at radius 1 is 1.31 bits per heavy atom. The van der Waals surface area contributed by atoms with Gasteiger partial charge in [-0.05, 0) is 58.9 Å². The molecular weight excluding hydrogens is 396 g/mol. The Morgan fingerprint density at radius 3 is 2.62 bits per heavy atom. The first-order valence-electron chi connectivity index (χ1n) is 9.52. The number of aromatic nitrogens is 2. The number of nitrogens with one attached hydrogen (secondary N) is 1. The average Bonchev–Trinajstić information content (AvgIpc) is 3.10. The first-order chi connectivity index (χ1) is 13.7. The lowest BCUT2D eigenvalue weighted by Gasteiger charge is -2.14. The molecule has 9 nitrogen and oxygen atoms in total. The average molecular weight is 420 g/mol. The standard InChI is InChI=1S/C19H24N4O5S/c1-10(2)28-19(25)16-13-7-5-6-8-14(13)29-18(16)20-15(24)9-22-12(4)17(23(26)27)11(3)21-22/h10H,5-9H2,1-4H3,(H,20,24). The molecule has 0 saturated heterocycles. The maximum Gasteiger partial charge on any atom is 0.341 e. The quantitative estimate of drug-likeness (QED) is 0.434. The van der Waals surface area contributed by atoms with E-state index in [0.717, 1.165) is 36.1 Å². The summed E-state index contributed by atoms with van der Waals surface area (Å²) < 4.78 is 6.70. The zero-order valence-corrected chi connectivity index (χ0v) is 17.7. The number of nitrogens with zero attached hydrogens (tertiary/aromatic N) is 3. The van der Waals surface area contributed by atoms with Gasteiger partial charge in [-0.25, -0.2) is 4.79 Å². The lowest BCUT2D eigenvalue weighted by Crippen LogP contribution is -2.22. The molecule has 2 heterocycles. The summed E-state index contributed by atoms with van der Waals surface area (Å²) in [6.07, 6.45) is 3.44. The summed E-state index contributed by atoms with van der Waals surface area (Å²) in [6.45, 7) is 6.48. The summed E-state index contributed by atoms with van der Waals surface area (Å²) in [4.78, 5) is 37.1. The number of fused-ring (bicyclic) bond motifs is 1.